The van der Waals surface area contributed by atoms with E-state index in [9.17, 15) is 4.79 Å². The summed E-state index contributed by atoms with van der Waals surface area (Å²) in [7, 11) is 0. The standard InChI is InChI=1S/C11H9ClN2O2/c12-9-4-2-1-3-8(9)7-10-13-11(5-6-15)16-14-10/h1-4,6H,5,7H2. The summed E-state index contributed by atoms with van der Waals surface area (Å²) in [6, 6.07) is 7.47. The van der Waals surface area contributed by atoms with Gasteiger partial charge in [-0.3, -0.25) is 0 Å². The smallest absolute Gasteiger partial charge is 0.233 e. The van der Waals surface area contributed by atoms with E-state index in [1.807, 2.05) is 24.3 Å². The van der Waals surface area contributed by atoms with Gasteiger partial charge in [-0.05, 0) is 11.6 Å². The summed E-state index contributed by atoms with van der Waals surface area (Å²) < 4.78 is 4.88. The van der Waals surface area contributed by atoms with E-state index in [0.717, 1.165) is 11.8 Å². The number of hydrogen-bond acceptors (Lipinski definition) is 4. The molecule has 5 heteroatoms. The zero-order valence-corrected chi connectivity index (χ0v) is 9.15. The summed E-state index contributed by atoms with van der Waals surface area (Å²) in [5, 5.41) is 4.44. The van der Waals surface area contributed by atoms with Crippen LogP contribution in [-0.2, 0) is 17.6 Å². The van der Waals surface area contributed by atoms with Crippen molar-refractivity contribution in [3.8, 4) is 0 Å². The molecule has 82 valence electrons. The van der Waals surface area contributed by atoms with Crippen LogP contribution in [0.15, 0.2) is 28.8 Å². The third-order valence-corrected chi connectivity index (χ3v) is 2.44. The van der Waals surface area contributed by atoms with Gasteiger partial charge < -0.3 is 9.32 Å². The Hall–Kier alpha value is -1.68. The fraction of sp³-hybridized carbons (Fsp3) is 0.182. The summed E-state index contributed by atoms with van der Waals surface area (Å²) in [6.07, 6.45) is 1.38. The van der Waals surface area contributed by atoms with Gasteiger partial charge in [0.15, 0.2) is 5.82 Å². The van der Waals surface area contributed by atoms with Gasteiger partial charge in [-0.25, -0.2) is 0 Å². The molecule has 0 N–H and O–H groups in total. The van der Waals surface area contributed by atoms with Crippen LogP contribution in [0.1, 0.15) is 17.3 Å². The van der Waals surface area contributed by atoms with Gasteiger partial charge in [-0.2, -0.15) is 4.98 Å². The van der Waals surface area contributed by atoms with Gasteiger partial charge in [-0.1, -0.05) is 35.0 Å². The molecule has 0 aliphatic heterocycles. The van der Waals surface area contributed by atoms with Crippen molar-refractivity contribution < 1.29 is 9.32 Å². The molecule has 1 aromatic carbocycles. The molecule has 0 radical (unpaired) electrons. The minimum atomic E-state index is 0.148. The first-order chi connectivity index (χ1) is 7.79. The SMILES string of the molecule is O=CCc1nc(Cc2ccccc2Cl)no1. The van der Waals surface area contributed by atoms with Gasteiger partial charge in [0.1, 0.15) is 6.29 Å². The molecule has 2 aromatic rings. The molecule has 16 heavy (non-hydrogen) atoms. The molecule has 0 fully saturated rings. The molecule has 0 saturated carbocycles. The van der Waals surface area contributed by atoms with Crippen LogP contribution in [0.5, 0.6) is 0 Å². The van der Waals surface area contributed by atoms with Crippen LogP contribution in [0.4, 0.5) is 0 Å². The third-order valence-electron chi connectivity index (χ3n) is 2.07. The van der Waals surface area contributed by atoms with Gasteiger partial charge in [0.2, 0.25) is 5.89 Å². The Morgan fingerprint density at radius 1 is 1.38 bits per heavy atom. The molecule has 0 aliphatic rings. The van der Waals surface area contributed by atoms with Crippen molar-refractivity contribution >= 4 is 17.9 Å². The van der Waals surface area contributed by atoms with E-state index in [0.29, 0.717) is 23.2 Å². The van der Waals surface area contributed by atoms with E-state index in [2.05, 4.69) is 10.1 Å². The molecule has 0 spiro atoms. The number of benzene rings is 1. The largest absolute Gasteiger partial charge is 0.339 e. The Balaban J connectivity index is 2.14. The normalized spacial score (nSPS) is 10.3. The monoisotopic (exact) mass is 236 g/mol. The molecule has 0 unspecified atom stereocenters. The molecule has 0 bridgehead atoms. The van der Waals surface area contributed by atoms with Crippen LogP contribution in [0.2, 0.25) is 5.02 Å². The van der Waals surface area contributed by atoms with Crippen LogP contribution in [0, 0.1) is 0 Å². The highest BCUT2D eigenvalue weighted by Gasteiger charge is 2.08. The number of carbonyl (C=O) groups is 1. The van der Waals surface area contributed by atoms with Crippen molar-refractivity contribution in [3.05, 3.63) is 46.6 Å². The number of aromatic nitrogens is 2. The number of carbonyl (C=O) groups excluding carboxylic acids is 1. The Morgan fingerprint density at radius 2 is 2.19 bits per heavy atom. The van der Waals surface area contributed by atoms with E-state index in [-0.39, 0.29) is 6.42 Å². The van der Waals surface area contributed by atoms with Gasteiger partial charge in [-0.15, -0.1) is 0 Å². The maximum absolute atomic E-state index is 10.2. The quantitative estimate of drug-likeness (QED) is 0.763. The topological polar surface area (TPSA) is 56.0 Å². The predicted octanol–water partition coefficient (Wildman–Crippen LogP) is 2.06. The first kappa shape index (κ1) is 10.8. The third kappa shape index (κ3) is 2.46. The minimum absolute atomic E-state index is 0.148. The molecule has 1 heterocycles. The Labute approximate surface area is 97.2 Å². The molecule has 0 aliphatic carbocycles. The molecular formula is C11H9ClN2O2. The maximum atomic E-state index is 10.2. The second-order valence-electron chi connectivity index (χ2n) is 3.24. The molecule has 4 nitrogen and oxygen atoms in total. The van der Waals surface area contributed by atoms with Crippen molar-refractivity contribution in [1.29, 1.82) is 0 Å². The second kappa shape index (κ2) is 4.90. The summed E-state index contributed by atoms with van der Waals surface area (Å²) in [4.78, 5) is 14.3. The van der Waals surface area contributed by atoms with Gasteiger partial charge in [0, 0.05) is 11.4 Å². The van der Waals surface area contributed by atoms with Crippen molar-refractivity contribution in [3.63, 3.8) is 0 Å². The molecule has 0 atom stereocenters. The number of nitrogens with zero attached hydrogens (tertiary/aromatic N) is 2. The summed E-state index contributed by atoms with van der Waals surface area (Å²) >= 11 is 6.00. The van der Waals surface area contributed by atoms with Gasteiger partial charge in [0.05, 0.1) is 6.42 Å². The number of rotatable bonds is 4. The lowest BCUT2D eigenvalue weighted by Gasteiger charge is -1.98. The highest BCUT2D eigenvalue weighted by molar-refractivity contribution is 6.31. The van der Waals surface area contributed by atoms with Crippen molar-refractivity contribution in [2.45, 2.75) is 12.8 Å². The highest BCUT2D eigenvalue weighted by Crippen LogP contribution is 2.17. The Bertz CT molecular complexity index is 496. The lowest BCUT2D eigenvalue weighted by atomic mass is 10.1. The second-order valence-corrected chi connectivity index (χ2v) is 3.65. The molecule has 0 amide bonds. The van der Waals surface area contributed by atoms with E-state index in [1.54, 1.807) is 0 Å². The van der Waals surface area contributed by atoms with Crippen molar-refractivity contribution in [1.82, 2.24) is 10.1 Å². The predicted molar refractivity (Wildman–Crippen MR) is 58.3 cm³/mol. The summed E-state index contributed by atoms with van der Waals surface area (Å²) in [6.45, 7) is 0. The fourth-order valence-electron chi connectivity index (χ4n) is 1.33. The minimum Gasteiger partial charge on any atom is -0.339 e. The van der Waals surface area contributed by atoms with Crippen LogP contribution < -0.4 is 0 Å². The zero-order chi connectivity index (χ0) is 11.4. The Morgan fingerprint density at radius 3 is 2.94 bits per heavy atom. The first-order valence-corrected chi connectivity index (χ1v) is 5.16. The van der Waals surface area contributed by atoms with Crippen molar-refractivity contribution in [2.75, 3.05) is 0 Å². The first-order valence-electron chi connectivity index (χ1n) is 4.78. The van der Waals surface area contributed by atoms with Crippen LogP contribution in [-0.4, -0.2) is 16.4 Å². The molecule has 1 aromatic heterocycles. The Kier molecular flexibility index (Phi) is 3.31. The van der Waals surface area contributed by atoms with Crippen LogP contribution in [0.3, 0.4) is 0 Å². The maximum Gasteiger partial charge on any atom is 0.233 e. The van der Waals surface area contributed by atoms with E-state index in [1.165, 1.54) is 0 Å². The molecule has 2 rings (SSSR count). The average Bonchev–Trinajstić information content (AvgIpc) is 2.70. The lowest BCUT2D eigenvalue weighted by molar-refractivity contribution is -0.107. The van der Waals surface area contributed by atoms with Gasteiger partial charge >= 0.3 is 0 Å². The van der Waals surface area contributed by atoms with E-state index < -0.39 is 0 Å². The number of halogens is 1. The van der Waals surface area contributed by atoms with Crippen LogP contribution in [0.25, 0.3) is 0 Å². The highest BCUT2D eigenvalue weighted by atomic mass is 35.5. The average molecular weight is 237 g/mol. The number of hydrogen-bond donors (Lipinski definition) is 0. The lowest BCUT2D eigenvalue weighted by Crippen LogP contribution is -1.92. The zero-order valence-electron chi connectivity index (χ0n) is 8.39. The number of aldehydes is 1. The molecule has 0 saturated heterocycles. The summed E-state index contributed by atoms with van der Waals surface area (Å²) in [5.41, 5.74) is 0.933. The van der Waals surface area contributed by atoms with Crippen molar-refractivity contribution in [2.24, 2.45) is 0 Å². The molecular weight excluding hydrogens is 228 g/mol. The van der Waals surface area contributed by atoms with E-state index in [4.69, 9.17) is 16.1 Å². The van der Waals surface area contributed by atoms with Gasteiger partial charge in [0.25, 0.3) is 0 Å². The fourth-order valence-corrected chi connectivity index (χ4v) is 1.53. The van der Waals surface area contributed by atoms with E-state index >= 15 is 0 Å². The summed E-state index contributed by atoms with van der Waals surface area (Å²) in [5.74, 6) is 0.863. The van der Waals surface area contributed by atoms with Crippen LogP contribution >= 0.6 is 11.6 Å².